The maximum Gasteiger partial charge on any atom is 0.137 e. The Labute approximate surface area is 128 Å². The summed E-state index contributed by atoms with van der Waals surface area (Å²) in [5, 5.41) is 2.30. The van der Waals surface area contributed by atoms with Crippen molar-refractivity contribution in [2.24, 2.45) is 7.05 Å². The first-order valence-electron chi connectivity index (χ1n) is 7.42. The minimum absolute atomic E-state index is 0.671. The molecule has 0 radical (unpaired) electrons. The van der Waals surface area contributed by atoms with Crippen molar-refractivity contribution in [2.45, 2.75) is 6.92 Å². The summed E-state index contributed by atoms with van der Waals surface area (Å²) < 4.78 is 7.78. The number of aryl methyl sites for hydroxylation is 1. The number of fused-ring (bicyclic) bond motifs is 2. The van der Waals surface area contributed by atoms with Gasteiger partial charge in [0.15, 0.2) is 0 Å². The molecule has 0 atom stereocenters. The van der Waals surface area contributed by atoms with Crippen molar-refractivity contribution in [3.8, 4) is 17.0 Å². The van der Waals surface area contributed by atoms with E-state index in [1.165, 1.54) is 10.9 Å². The van der Waals surface area contributed by atoms with Crippen LogP contribution in [0, 0.1) is 0 Å². The van der Waals surface area contributed by atoms with Crippen molar-refractivity contribution in [1.82, 2.24) is 14.5 Å². The highest BCUT2D eigenvalue weighted by Crippen LogP contribution is 2.33. The second-order valence-electron chi connectivity index (χ2n) is 5.39. The van der Waals surface area contributed by atoms with Gasteiger partial charge >= 0.3 is 0 Å². The Balaban J connectivity index is 1.94. The van der Waals surface area contributed by atoms with E-state index in [-0.39, 0.29) is 0 Å². The molecule has 0 spiro atoms. The average molecular weight is 291 g/mol. The van der Waals surface area contributed by atoms with Crippen LogP contribution in [-0.2, 0) is 7.05 Å². The Hall–Kier alpha value is -2.75. The second kappa shape index (κ2) is 4.91. The summed E-state index contributed by atoms with van der Waals surface area (Å²) in [4.78, 5) is 7.78. The number of ether oxygens (including phenoxy) is 1. The van der Waals surface area contributed by atoms with Crippen molar-refractivity contribution in [2.75, 3.05) is 6.61 Å². The van der Waals surface area contributed by atoms with Gasteiger partial charge in [0.2, 0.25) is 0 Å². The molecule has 0 aliphatic rings. The van der Waals surface area contributed by atoms with Gasteiger partial charge in [0, 0.05) is 47.0 Å². The van der Waals surface area contributed by atoms with Gasteiger partial charge in [-0.15, -0.1) is 0 Å². The molecule has 3 heterocycles. The lowest BCUT2D eigenvalue weighted by molar-refractivity contribution is 0.341. The van der Waals surface area contributed by atoms with Crippen LogP contribution in [0.1, 0.15) is 6.92 Å². The predicted octanol–water partition coefficient (Wildman–Crippen LogP) is 4.12. The van der Waals surface area contributed by atoms with E-state index in [9.17, 15) is 0 Å². The summed E-state index contributed by atoms with van der Waals surface area (Å²) in [6.45, 7) is 2.67. The minimum atomic E-state index is 0.671. The van der Waals surface area contributed by atoms with E-state index in [0.29, 0.717) is 6.61 Å². The van der Waals surface area contributed by atoms with Crippen molar-refractivity contribution < 1.29 is 4.74 Å². The van der Waals surface area contributed by atoms with Crippen LogP contribution in [0.25, 0.3) is 33.2 Å². The fourth-order valence-corrected chi connectivity index (χ4v) is 2.95. The number of pyridine rings is 1. The molecule has 0 bridgehead atoms. The molecule has 0 saturated heterocycles. The monoisotopic (exact) mass is 291 g/mol. The molecule has 4 rings (SSSR count). The summed E-state index contributed by atoms with van der Waals surface area (Å²) in [5.74, 6) is 0.900. The van der Waals surface area contributed by atoms with Crippen molar-refractivity contribution in [1.29, 1.82) is 0 Å². The van der Waals surface area contributed by atoms with Crippen LogP contribution in [0.15, 0.2) is 48.8 Å². The molecule has 0 saturated carbocycles. The van der Waals surface area contributed by atoms with Crippen LogP contribution in [-0.4, -0.2) is 21.1 Å². The SMILES string of the molecule is CCOc1ccc2c(c1)c(-c1cc3cccnc3[nH]1)cn2C. The highest BCUT2D eigenvalue weighted by atomic mass is 16.5. The largest absolute Gasteiger partial charge is 0.494 e. The lowest BCUT2D eigenvalue weighted by Gasteiger charge is -2.04. The molecule has 22 heavy (non-hydrogen) atoms. The van der Waals surface area contributed by atoms with E-state index >= 15 is 0 Å². The third-order valence-electron chi connectivity index (χ3n) is 3.95. The van der Waals surface area contributed by atoms with Crippen molar-refractivity contribution in [3.63, 3.8) is 0 Å². The molecule has 3 aromatic heterocycles. The molecule has 4 nitrogen and oxygen atoms in total. The maximum absolute atomic E-state index is 5.64. The van der Waals surface area contributed by atoms with Gasteiger partial charge in [0.25, 0.3) is 0 Å². The van der Waals surface area contributed by atoms with E-state index in [1.54, 1.807) is 6.20 Å². The lowest BCUT2D eigenvalue weighted by atomic mass is 10.1. The van der Waals surface area contributed by atoms with Gasteiger partial charge in [0.05, 0.1) is 6.61 Å². The van der Waals surface area contributed by atoms with E-state index in [1.807, 2.05) is 19.1 Å². The smallest absolute Gasteiger partial charge is 0.137 e. The third-order valence-corrected chi connectivity index (χ3v) is 3.95. The van der Waals surface area contributed by atoms with E-state index in [0.717, 1.165) is 28.0 Å². The predicted molar refractivity (Wildman–Crippen MR) is 89.2 cm³/mol. The van der Waals surface area contributed by atoms with Gasteiger partial charge in [-0.1, -0.05) is 0 Å². The Morgan fingerprint density at radius 3 is 2.95 bits per heavy atom. The maximum atomic E-state index is 5.64. The zero-order chi connectivity index (χ0) is 15.1. The van der Waals surface area contributed by atoms with E-state index in [4.69, 9.17) is 4.74 Å². The second-order valence-corrected chi connectivity index (χ2v) is 5.39. The molecular formula is C18H17N3O. The fraction of sp³-hybridized carbons (Fsp3) is 0.167. The number of benzene rings is 1. The highest BCUT2D eigenvalue weighted by Gasteiger charge is 2.12. The van der Waals surface area contributed by atoms with Crippen LogP contribution in [0.4, 0.5) is 0 Å². The van der Waals surface area contributed by atoms with Gasteiger partial charge in [0.1, 0.15) is 11.4 Å². The molecule has 1 aromatic carbocycles. The van der Waals surface area contributed by atoms with Crippen LogP contribution in [0.3, 0.4) is 0 Å². The number of nitrogens with one attached hydrogen (secondary N) is 1. The van der Waals surface area contributed by atoms with Crippen LogP contribution >= 0.6 is 0 Å². The minimum Gasteiger partial charge on any atom is -0.494 e. The van der Waals surface area contributed by atoms with Crippen molar-refractivity contribution >= 4 is 21.9 Å². The van der Waals surface area contributed by atoms with Gasteiger partial charge in [-0.3, -0.25) is 0 Å². The van der Waals surface area contributed by atoms with Gasteiger partial charge in [-0.25, -0.2) is 4.98 Å². The number of rotatable bonds is 3. The number of H-pyrrole nitrogens is 1. The third kappa shape index (κ3) is 1.96. The Kier molecular flexibility index (Phi) is 2.89. The number of hydrogen-bond donors (Lipinski definition) is 1. The molecule has 0 aliphatic carbocycles. The molecule has 0 unspecified atom stereocenters. The van der Waals surface area contributed by atoms with Gasteiger partial charge in [-0.2, -0.15) is 0 Å². The summed E-state index contributed by atoms with van der Waals surface area (Å²) in [6.07, 6.45) is 3.95. The van der Waals surface area contributed by atoms with Crippen molar-refractivity contribution in [3.05, 3.63) is 48.8 Å². The quantitative estimate of drug-likeness (QED) is 0.617. The molecule has 4 aromatic rings. The van der Waals surface area contributed by atoms with Gasteiger partial charge < -0.3 is 14.3 Å². The first kappa shape index (κ1) is 13.0. The lowest BCUT2D eigenvalue weighted by Crippen LogP contribution is -1.91. The first-order valence-corrected chi connectivity index (χ1v) is 7.42. The standard InChI is InChI=1S/C18H17N3O/c1-3-22-13-6-7-17-14(10-13)15(11-21(17)2)16-9-12-5-4-8-19-18(12)20-16/h4-11H,3H2,1-2H3,(H,19,20). The van der Waals surface area contributed by atoms with Crippen LogP contribution in [0.5, 0.6) is 5.75 Å². The van der Waals surface area contributed by atoms with Crippen LogP contribution < -0.4 is 4.74 Å². The Morgan fingerprint density at radius 1 is 1.23 bits per heavy atom. The summed E-state index contributed by atoms with van der Waals surface area (Å²) >= 11 is 0. The Bertz CT molecular complexity index is 932. The average Bonchev–Trinajstić information content (AvgIpc) is 3.09. The van der Waals surface area contributed by atoms with Gasteiger partial charge in [-0.05, 0) is 43.3 Å². The van der Waals surface area contributed by atoms with Crippen LogP contribution in [0.2, 0.25) is 0 Å². The zero-order valence-electron chi connectivity index (χ0n) is 12.6. The summed E-state index contributed by atoms with van der Waals surface area (Å²) in [5.41, 5.74) is 4.34. The summed E-state index contributed by atoms with van der Waals surface area (Å²) in [6, 6.07) is 12.4. The highest BCUT2D eigenvalue weighted by molar-refractivity contribution is 5.98. The topological polar surface area (TPSA) is 42.8 Å². The molecule has 0 amide bonds. The zero-order valence-corrected chi connectivity index (χ0v) is 12.6. The molecule has 4 heteroatoms. The fourth-order valence-electron chi connectivity index (χ4n) is 2.95. The number of aromatic nitrogens is 3. The molecular weight excluding hydrogens is 274 g/mol. The molecule has 1 N–H and O–H groups in total. The number of aromatic amines is 1. The van der Waals surface area contributed by atoms with E-state index < -0.39 is 0 Å². The number of hydrogen-bond acceptors (Lipinski definition) is 2. The number of nitrogens with zero attached hydrogens (tertiary/aromatic N) is 2. The molecule has 0 fully saturated rings. The first-order chi connectivity index (χ1) is 10.8. The normalized spacial score (nSPS) is 11.4. The Morgan fingerprint density at radius 2 is 2.14 bits per heavy atom. The molecule has 0 aliphatic heterocycles. The molecule has 110 valence electrons. The van der Waals surface area contributed by atoms with E-state index in [2.05, 4.69) is 52.0 Å². The summed E-state index contributed by atoms with van der Waals surface area (Å²) in [7, 11) is 2.06.